The topological polar surface area (TPSA) is 200 Å². The average Bonchev–Trinajstić information content (AvgIpc) is 3.71. The minimum atomic E-state index is -3.38. The van der Waals surface area contributed by atoms with Crippen molar-refractivity contribution in [1.82, 2.24) is 15.0 Å². The minimum Gasteiger partial charge on any atom is -0.396 e. The number of fused-ring (bicyclic) bond motifs is 2. The lowest BCUT2D eigenvalue weighted by Crippen LogP contribution is -2.60. The van der Waals surface area contributed by atoms with Crippen molar-refractivity contribution < 1.29 is 48.7 Å². The molecule has 0 aliphatic carbocycles. The van der Waals surface area contributed by atoms with Gasteiger partial charge in [-0.25, -0.2) is 0 Å². The normalized spacial score (nSPS) is 31.0. The van der Waals surface area contributed by atoms with Crippen molar-refractivity contribution >= 4 is 47.5 Å². The molecule has 3 aromatic rings. The maximum Gasteiger partial charge on any atom is 0.264 e. The summed E-state index contributed by atoms with van der Waals surface area (Å²) in [5.74, 6) is -1.62. The quantitative estimate of drug-likeness (QED) is 0.129. The summed E-state index contributed by atoms with van der Waals surface area (Å²) in [6, 6.07) is 12.1. The molecule has 2 fully saturated rings. The average molecular weight is 779 g/mol. The number of benzene rings is 2. The second kappa shape index (κ2) is 14.1. The van der Waals surface area contributed by atoms with Crippen molar-refractivity contribution in [3.8, 4) is 0 Å². The molecule has 0 unspecified atom stereocenters. The Morgan fingerprint density at radius 2 is 1.82 bits per heavy atom. The van der Waals surface area contributed by atoms with Gasteiger partial charge in [0.05, 0.1) is 24.0 Å². The van der Waals surface area contributed by atoms with E-state index in [1.165, 1.54) is 0 Å². The summed E-state index contributed by atoms with van der Waals surface area (Å²) in [6.45, 7) is 5.68. The third-order valence-electron chi connectivity index (χ3n) is 9.93. The number of anilines is 2. The summed E-state index contributed by atoms with van der Waals surface area (Å²) in [6.07, 6.45) is -6.84. The van der Waals surface area contributed by atoms with Gasteiger partial charge in [0, 0.05) is 53.0 Å². The number of aromatic nitrogens is 3. The number of rotatable bonds is 10. The van der Waals surface area contributed by atoms with Crippen LogP contribution >= 0.6 is 15.9 Å². The van der Waals surface area contributed by atoms with E-state index >= 15 is 4.11 Å². The van der Waals surface area contributed by atoms with Crippen LogP contribution in [0.25, 0.3) is 0 Å². The maximum absolute atomic E-state index is 16.2. The second-order valence-corrected chi connectivity index (χ2v) is 18.4. The highest BCUT2D eigenvalue weighted by Crippen LogP contribution is 2.60. The van der Waals surface area contributed by atoms with Gasteiger partial charge in [-0.1, -0.05) is 40.2 Å². The first-order valence-corrected chi connectivity index (χ1v) is 20.2. The van der Waals surface area contributed by atoms with E-state index in [0.717, 1.165) is 4.47 Å². The molecule has 0 radical (unpaired) electrons. The first kappa shape index (κ1) is 36.7. The Balaban J connectivity index is 1.22. The van der Waals surface area contributed by atoms with Gasteiger partial charge in [-0.2, -0.15) is 0 Å². The molecule has 0 saturated carbocycles. The summed E-state index contributed by atoms with van der Waals surface area (Å²) >= 11 is 3.55. The van der Waals surface area contributed by atoms with E-state index in [9.17, 15) is 35.1 Å². The standard InChI is InChI=1S/C33H41BrFN5O9Si/c1-17-29(50(2,3)35)24(10-12-39-16-21(11-13-41)37-38-39)49-33(17)22-14-19(34)6-9-23(22)40(32(33)47)15-18-4-7-20(8-5-18)36-30(45)28-26(43)25(42)27(44)31(46)48-28/h4-9,14,16-17,24-29,31,41-44,46H,10-13,15H2,1-3H3,(H,36,45)/t17-,24+,25-,26-,27+,28-,29-,31+,33+/m0/s1. The zero-order valence-electron chi connectivity index (χ0n) is 27.7. The summed E-state index contributed by atoms with van der Waals surface area (Å²) < 4.78 is 30.4. The van der Waals surface area contributed by atoms with Gasteiger partial charge in [0.15, 0.2) is 18.0 Å². The fourth-order valence-corrected chi connectivity index (χ4v) is 10.5. The zero-order valence-corrected chi connectivity index (χ0v) is 30.3. The third kappa shape index (κ3) is 6.66. The fourth-order valence-electron chi connectivity index (χ4n) is 7.55. The van der Waals surface area contributed by atoms with Crippen LogP contribution < -0.4 is 10.2 Å². The molecule has 270 valence electrons. The van der Waals surface area contributed by atoms with Gasteiger partial charge in [-0.3, -0.25) is 14.3 Å². The Labute approximate surface area is 297 Å². The van der Waals surface area contributed by atoms with Gasteiger partial charge < -0.3 is 49.3 Å². The highest BCUT2D eigenvalue weighted by molar-refractivity contribution is 9.10. The van der Waals surface area contributed by atoms with E-state index in [0.29, 0.717) is 47.6 Å². The maximum atomic E-state index is 16.2. The Bertz CT molecular complexity index is 1730. The highest BCUT2D eigenvalue weighted by Gasteiger charge is 2.66. The van der Waals surface area contributed by atoms with Crippen LogP contribution in [0.3, 0.4) is 0 Å². The summed E-state index contributed by atoms with van der Waals surface area (Å²) in [7, 11) is -3.38. The Hall–Kier alpha value is -3.13. The first-order valence-electron chi connectivity index (χ1n) is 16.4. The monoisotopic (exact) mass is 777 g/mol. The molecule has 4 heterocycles. The predicted octanol–water partition coefficient (Wildman–Crippen LogP) is 1.73. The minimum absolute atomic E-state index is 0.0483. The van der Waals surface area contributed by atoms with E-state index in [1.807, 2.05) is 25.1 Å². The van der Waals surface area contributed by atoms with Gasteiger partial charge in [-0.15, -0.1) is 5.10 Å². The molecule has 9 atom stereocenters. The molecule has 2 amide bonds. The van der Waals surface area contributed by atoms with Crippen molar-refractivity contribution in [2.45, 2.75) is 93.9 Å². The number of aryl methyl sites for hydroxylation is 1. The SMILES string of the molecule is C[C@H]1[C@H]([Si](C)(C)F)[C@@H](CCn2cc(CCO)nn2)O[C@]12C(=O)N(Cc1ccc(NC(=O)[C@H]3O[C@@H](O)[C@H](O)[C@@H](O)[C@@H]3O)cc1)c1ccc(Br)cc12. The van der Waals surface area contributed by atoms with Crippen LogP contribution in [0.15, 0.2) is 53.1 Å². The van der Waals surface area contributed by atoms with Crippen molar-refractivity contribution in [3.63, 3.8) is 0 Å². The molecular weight excluding hydrogens is 737 g/mol. The number of carbonyl (C=O) groups excluding carboxylic acids is 2. The molecule has 3 aliphatic heterocycles. The van der Waals surface area contributed by atoms with Gasteiger partial charge in [0.25, 0.3) is 11.8 Å². The molecule has 6 N–H and O–H groups in total. The van der Waals surface area contributed by atoms with Gasteiger partial charge in [-0.05, 0) is 55.4 Å². The summed E-state index contributed by atoms with van der Waals surface area (Å²) in [5.41, 5.74) is 1.07. The zero-order chi connectivity index (χ0) is 36.1. The van der Waals surface area contributed by atoms with Gasteiger partial charge in [0.2, 0.25) is 8.41 Å². The number of aliphatic hydroxyl groups is 5. The number of ether oxygens (including phenoxy) is 2. The van der Waals surface area contributed by atoms with Crippen LogP contribution in [0.2, 0.25) is 18.6 Å². The van der Waals surface area contributed by atoms with E-state index in [4.69, 9.17) is 9.47 Å². The fraction of sp³-hybridized carbons (Fsp3) is 0.515. The molecule has 3 aliphatic rings. The molecule has 0 bridgehead atoms. The summed E-state index contributed by atoms with van der Waals surface area (Å²) in [4.78, 5) is 29.1. The molecule has 14 nitrogen and oxygen atoms in total. The van der Waals surface area contributed by atoms with E-state index in [1.54, 1.807) is 53.1 Å². The Morgan fingerprint density at radius 3 is 2.50 bits per heavy atom. The van der Waals surface area contributed by atoms with E-state index in [2.05, 4.69) is 31.6 Å². The number of nitrogens with zero attached hydrogens (tertiary/aromatic N) is 4. The van der Waals surface area contributed by atoms with Gasteiger partial charge >= 0.3 is 0 Å². The molecule has 1 spiro atoms. The molecule has 1 aromatic heterocycles. The molecule has 2 aromatic carbocycles. The van der Waals surface area contributed by atoms with Crippen molar-refractivity contribution in [3.05, 3.63) is 70.0 Å². The van der Waals surface area contributed by atoms with Crippen LogP contribution in [0, 0.1) is 5.92 Å². The van der Waals surface area contributed by atoms with Crippen LogP contribution in [0.4, 0.5) is 15.5 Å². The van der Waals surface area contributed by atoms with Crippen LogP contribution in [0.5, 0.6) is 0 Å². The Kier molecular flexibility index (Phi) is 10.3. The predicted molar refractivity (Wildman–Crippen MR) is 183 cm³/mol. The largest absolute Gasteiger partial charge is 0.396 e. The lowest BCUT2D eigenvalue weighted by atomic mass is 9.82. The van der Waals surface area contributed by atoms with Crippen LogP contribution in [0.1, 0.15) is 30.2 Å². The smallest absolute Gasteiger partial charge is 0.264 e. The van der Waals surface area contributed by atoms with Gasteiger partial charge in [0.1, 0.15) is 18.3 Å². The van der Waals surface area contributed by atoms with Crippen molar-refractivity contribution in [1.29, 1.82) is 0 Å². The lowest BCUT2D eigenvalue weighted by molar-refractivity contribution is -0.274. The van der Waals surface area contributed by atoms with E-state index < -0.39 is 68.2 Å². The molecule has 17 heteroatoms. The molecule has 6 rings (SSSR count). The van der Waals surface area contributed by atoms with Crippen molar-refractivity contribution in [2.24, 2.45) is 5.92 Å². The number of amides is 2. The molecular formula is C33H41BrFN5O9Si. The highest BCUT2D eigenvalue weighted by atomic mass is 79.9. The second-order valence-electron chi connectivity index (χ2n) is 13.7. The lowest BCUT2D eigenvalue weighted by Gasteiger charge is -2.37. The van der Waals surface area contributed by atoms with Crippen LogP contribution in [-0.4, -0.2) is 104 Å². The first-order chi connectivity index (χ1) is 23.6. The number of aliphatic hydroxyl groups excluding tert-OH is 5. The molecule has 2 saturated heterocycles. The number of carbonyl (C=O) groups is 2. The van der Waals surface area contributed by atoms with Crippen LogP contribution in [-0.2, 0) is 44.2 Å². The Morgan fingerprint density at radius 1 is 1.10 bits per heavy atom. The number of halogens is 2. The number of hydrogen-bond donors (Lipinski definition) is 6. The number of nitrogens with one attached hydrogen (secondary N) is 1. The summed E-state index contributed by atoms with van der Waals surface area (Å²) in [5, 5.41) is 59.6. The third-order valence-corrected chi connectivity index (χ3v) is 12.9. The van der Waals surface area contributed by atoms with Crippen molar-refractivity contribution in [2.75, 3.05) is 16.8 Å². The molecule has 50 heavy (non-hydrogen) atoms. The van der Waals surface area contributed by atoms with E-state index in [-0.39, 0.29) is 19.1 Å². The number of hydrogen-bond acceptors (Lipinski definition) is 11.